The van der Waals surface area contributed by atoms with Gasteiger partial charge in [-0.3, -0.25) is 0 Å². The van der Waals surface area contributed by atoms with Crippen molar-refractivity contribution >= 4 is 28.4 Å². The average Bonchev–Trinajstić information content (AvgIpc) is 2.64. The Labute approximate surface area is 161 Å². The number of halogens is 1. The Morgan fingerprint density at radius 1 is 1.32 bits per heavy atom. The number of pyridine rings is 2. The SMILES string of the molecule is COc1ccc(OC2CCN(c3nc(I)c(CO)cc3C)CC2)cn1. The van der Waals surface area contributed by atoms with E-state index < -0.39 is 0 Å². The number of aromatic nitrogens is 2. The first-order valence-corrected chi connectivity index (χ1v) is 9.37. The minimum atomic E-state index is 0.0260. The fourth-order valence-corrected chi connectivity index (χ4v) is 3.56. The van der Waals surface area contributed by atoms with Crippen LogP contribution in [0.3, 0.4) is 0 Å². The predicted molar refractivity (Wildman–Crippen MR) is 104 cm³/mol. The lowest BCUT2D eigenvalue weighted by Gasteiger charge is -2.34. The van der Waals surface area contributed by atoms with Gasteiger partial charge in [0.2, 0.25) is 5.88 Å². The second-order valence-corrected chi connectivity index (χ2v) is 7.10. The molecule has 0 bridgehead atoms. The number of rotatable bonds is 5. The van der Waals surface area contributed by atoms with Crippen molar-refractivity contribution in [3.8, 4) is 11.6 Å². The quantitative estimate of drug-likeness (QED) is 0.553. The van der Waals surface area contributed by atoms with E-state index in [0.717, 1.165) is 52.3 Å². The summed E-state index contributed by atoms with van der Waals surface area (Å²) in [6, 6.07) is 5.72. The van der Waals surface area contributed by atoms with Gasteiger partial charge in [0.25, 0.3) is 0 Å². The lowest BCUT2D eigenvalue weighted by atomic mass is 10.1. The maximum atomic E-state index is 9.36. The summed E-state index contributed by atoms with van der Waals surface area (Å²) in [5.74, 6) is 2.37. The third-order valence-corrected chi connectivity index (χ3v) is 5.28. The van der Waals surface area contributed by atoms with Gasteiger partial charge in [-0.1, -0.05) is 0 Å². The van der Waals surface area contributed by atoms with Crippen LogP contribution in [0, 0.1) is 10.6 Å². The third-order valence-electron chi connectivity index (χ3n) is 4.35. The molecule has 0 spiro atoms. The van der Waals surface area contributed by atoms with E-state index in [2.05, 4.69) is 37.5 Å². The van der Waals surface area contributed by atoms with Crippen LogP contribution in [0.4, 0.5) is 5.82 Å². The van der Waals surface area contributed by atoms with Crippen molar-refractivity contribution in [2.45, 2.75) is 32.5 Å². The van der Waals surface area contributed by atoms with Gasteiger partial charge in [-0.25, -0.2) is 9.97 Å². The van der Waals surface area contributed by atoms with Gasteiger partial charge >= 0.3 is 0 Å². The summed E-state index contributed by atoms with van der Waals surface area (Å²) >= 11 is 2.18. The standard InChI is InChI=1S/C18H22IN3O3/c1-12-9-13(11-23)17(19)21-18(12)22-7-5-14(6-8-22)25-15-3-4-16(24-2)20-10-15/h3-4,9-10,14,23H,5-8,11H2,1-2H3. The molecule has 0 aromatic carbocycles. The van der Waals surface area contributed by atoms with Gasteiger partial charge in [0, 0.05) is 37.6 Å². The number of aliphatic hydroxyl groups excluding tert-OH is 1. The van der Waals surface area contributed by atoms with Crippen LogP contribution < -0.4 is 14.4 Å². The van der Waals surface area contributed by atoms with Crippen LogP contribution in [0.1, 0.15) is 24.0 Å². The molecule has 3 heterocycles. The molecule has 1 aliphatic heterocycles. The monoisotopic (exact) mass is 455 g/mol. The van der Waals surface area contributed by atoms with Crippen LogP contribution in [0.5, 0.6) is 11.6 Å². The van der Waals surface area contributed by atoms with Crippen molar-refractivity contribution in [3.05, 3.63) is 39.2 Å². The number of aryl methyl sites for hydroxylation is 1. The van der Waals surface area contributed by atoms with Gasteiger partial charge in [0.1, 0.15) is 21.4 Å². The molecule has 0 unspecified atom stereocenters. The Bertz CT molecular complexity index is 716. The molecule has 1 aliphatic rings. The summed E-state index contributed by atoms with van der Waals surface area (Å²) in [5.41, 5.74) is 1.98. The molecular formula is C18H22IN3O3. The molecule has 7 heteroatoms. The van der Waals surface area contributed by atoms with E-state index in [1.807, 2.05) is 25.1 Å². The second kappa shape index (κ2) is 8.18. The highest BCUT2D eigenvalue weighted by Crippen LogP contribution is 2.26. The molecule has 0 amide bonds. The Hall–Kier alpha value is -1.61. The highest BCUT2D eigenvalue weighted by Gasteiger charge is 2.23. The number of anilines is 1. The first-order valence-electron chi connectivity index (χ1n) is 8.29. The molecule has 134 valence electrons. The van der Waals surface area contributed by atoms with E-state index >= 15 is 0 Å². The highest BCUT2D eigenvalue weighted by atomic mass is 127. The molecule has 1 fully saturated rings. The van der Waals surface area contributed by atoms with Gasteiger partial charge in [0.15, 0.2) is 0 Å². The Balaban J connectivity index is 1.60. The van der Waals surface area contributed by atoms with E-state index in [9.17, 15) is 5.11 Å². The molecule has 1 N–H and O–H groups in total. The van der Waals surface area contributed by atoms with Crippen LogP contribution in [-0.4, -0.2) is 41.4 Å². The van der Waals surface area contributed by atoms with E-state index in [0.29, 0.717) is 5.88 Å². The number of nitrogens with zero attached hydrogens (tertiary/aromatic N) is 3. The summed E-state index contributed by atoms with van der Waals surface area (Å²) in [4.78, 5) is 11.2. The van der Waals surface area contributed by atoms with E-state index in [-0.39, 0.29) is 12.7 Å². The summed E-state index contributed by atoms with van der Waals surface area (Å²) in [6.07, 6.45) is 3.76. The van der Waals surface area contributed by atoms with Crippen LogP contribution in [-0.2, 0) is 6.61 Å². The lowest BCUT2D eigenvalue weighted by molar-refractivity contribution is 0.169. The molecule has 25 heavy (non-hydrogen) atoms. The Morgan fingerprint density at radius 3 is 2.68 bits per heavy atom. The number of hydrogen-bond donors (Lipinski definition) is 1. The number of hydrogen-bond acceptors (Lipinski definition) is 6. The number of aliphatic hydroxyl groups is 1. The maximum absolute atomic E-state index is 9.36. The molecule has 0 aliphatic carbocycles. The molecule has 0 saturated carbocycles. The van der Waals surface area contributed by atoms with Crippen LogP contribution in [0.25, 0.3) is 0 Å². The van der Waals surface area contributed by atoms with Gasteiger partial charge in [-0.05, 0) is 47.2 Å². The van der Waals surface area contributed by atoms with E-state index in [1.165, 1.54) is 0 Å². The van der Waals surface area contributed by atoms with Crippen molar-refractivity contribution < 1.29 is 14.6 Å². The lowest BCUT2D eigenvalue weighted by Crippen LogP contribution is -2.39. The number of ether oxygens (including phenoxy) is 2. The van der Waals surface area contributed by atoms with Gasteiger partial charge < -0.3 is 19.5 Å². The van der Waals surface area contributed by atoms with Crippen LogP contribution >= 0.6 is 22.6 Å². The van der Waals surface area contributed by atoms with Crippen molar-refractivity contribution in [2.24, 2.45) is 0 Å². The molecule has 1 saturated heterocycles. The van der Waals surface area contributed by atoms with E-state index in [1.54, 1.807) is 13.3 Å². The number of methoxy groups -OCH3 is 1. The maximum Gasteiger partial charge on any atom is 0.213 e. The number of piperidine rings is 1. The van der Waals surface area contributed by atoms with Crippen LogP contribution in [0.15, 0.2) is 24.4 Å². The topological polar surface area (TPSA) is 67.7 Å². The Morgan fingerprint density at radius 2 is 2.08 bits per heavy atom. The second-order valence-electron chi connectivity index (χ2n) is 6.08. The summed E-state index contributed by atoms with van der Waals surface area (Å²) in [6.45, 7) is 3.87. The molecule has 2 aromatic rings. The third kappa shape index (κ3) is 4.33. The predicted octanol–water partition coefficient (Wildman–Crippen LogP) is 2.94. The van der Waals surface area contributed by atoms with Crippen LogP contribution in [0.2, 0.25) is 0 Å². The highest BCUT2D eigenvalue weighted by molar-refractivity contribution is 14.1. The molecule has 0 radical (unpaired) electrons. The Kier molecular flexibility index (Phi) is 5.95. The summed E-state index contributed by atoms with van der Waals surface area (Å²) < 4.78 is 12.0. The first kappa shape index (κ1) is 18.2. The van der Waals surface area contributed by atoms with Gasteiger partial charge in [-0.15, -0.1) is 0 Å². The fourth-order valence-electron chi connectivity index (χ4n) is 3.00. The smallest absolute Gasteiger partial charge is 0.213 e. The molecule has 2 aromatic heterocycles. The zero-order valence-electron chi connectivity index (χ0n) is 14.4. The summed E-state index contributed by atoms with van der Waals surface area (Å²) in [5, 5.41) is 9.36. The fraction of sp³-hybridized carbons (Fsp3) is 0.444. The molecule has 6 nitrogen and oxygen atoms in total. The molecular weight excluding hydrogens is 433 g/mol. The summed E-state index contributed by atoms with van der Waals surface area (Å²) in [7, 11) is 1.60. The molecule has 3 rings (SSSR count). The van der Waals surface area contributed by atoms with Crippen molar-refractivity contribution in [1.29, 1.82) is 0 Å². The van der Waals surface area contributed by atoms with Gasteiger partial charge in [-0.2, -0.15) is 0 Å². The average molecular weight is 455 g/mol. The first-order chi connectivity index (χ1) is 12.1. The van der Waals surface area contributed by atoms with Gasteiger partial charge in [0.05, 0.1) is 19.9 Å². The molecule has 0 atom stereocenters. The van der Waals surface area contributed by atoms with Crippen molar-refractivity contribution in [3.63, 3.8) is 0 Å². The van der Waals surface area contributed by atoms with Crippen molar-refractivity contribution in [2.75, 3.05) is 25.1 Å². The normalized spacial score (nSPS) is 15.3. The minimum absolute atomic E-state index is 0.0260. The van der Waals surface area contributed by atoms with Crippen molar-refractivity contribution in [1.82, 2.24) is 9.97 Å². The zero-order valence-corrected chi connectivity index (χ0v) is 16.6. The van der Waals surface area contributed by atoms with E-state index in [4.69, 9.17) is 9.47 Å². The largest absolute Gasteiger partial charge is 0.489 e. The zero-order chi connectivity index (χ0) is 17.8. The minimum Gasteiger partial charge on any atom is -0.489 e.